The molecule has 7 nitrogen and oxygen atoms in total. The van der Waals surface area contributed by atoms with Crippen LogP contribution in [-0.2, 0) is 4.74 Å². The van der Waals surface area contributed by atoms with E-state index in [0.717, 1.165) is 0 Å². The lowest BCUT2D eigenvalue weighted by atomic mass is 10.1. The predicted octanol–water partition coefficient (Wildman–Crippen LogP) is 1.40. The van der Waals surface area contributed by atoms with E-state index >= 15 is 0 Å². The first kappa shape index (κ1) is 17.4. The van der Waals surface area contributed by atoms with Crippen molar-refractivity contribution in [3.8, 4) is 0 Å². The third kappa shape index (κ3) is 4.69. The van der Waals surface area contributed by atoms with Crippen LogP contribution in [0.25, 0.3) is 0 Å². The lowest BCUT2D eigenvalue weighted by Gasteiger charge is -2.20. The number of nitro benzene ring substituents is 1. The molecule has 0 saturated heterocycles. The zero-order valence-electron chi connectivity index (χ0n) is 12.1. The monoisotopic (exact) mass is 314 g/mol. The number of carbonyl (C=O) groups is 1. The smallest absolute Gasteiger partial charge is 0.283 e. The Morgan fingerprint density at radius 2 is 2.24 bits per heavy atom. The van der Waals surface area contributed by atoms with Gasteiger partial charge in [0.1, 0.15) is 0 Å². The normalized spacial score (nSPS) is 12.0. The van der Waals surface area contributed by atoms with Crippen LogP contribution in [-0.4, -0.2) is 60.5 Å². The number of nitro groups is 1. The minimum Gasteiger partial charge on any atom is -0.389 e. The molecule has 21 heavy (non-hydrogen) atoms. The third-order valence-corrected chi connectivity index (χ3v) is 3.60. The van der Waals surface area contributed by atoms with Gasteiger partial charge in [0.05, 0.1) is 22.5 Å². The molecule has 1 rings (SSSR count). The summed E-state index contributed by atoms with van der Waals surface area (Å²) in [6.45, 7) is 0.202. The van der Waals surface area contributed by atoms with Crippen molar-refractivity contribution in [3.63, 3.8) is 0 Å². The van der Waals surface area contributed by atoms with E-state index in [2.05, 4.69) is 0 Å². The molecule has 0 saturated carbocycles. The van der Waals surface area contributed by atoms with Gasteiger partial charge in [-0.1, -0.05) is 0 Å². The van der Waals surface area contributed by atoms with Gasteiger partial charge < -0.3 is 14.7 Å². The molecule has 1 aromatic carbocycles. The molecular formula is C13H18N2O5S. The minimum absolute atomic E-state index is 0.0880. The largest absolute Gasteiger partial charge is 0.389 e. The zero-order chi connectivity index (χ0) is 16.0. The number of aliphatic hydroxyl groups is 1. The topological polar surface area (TPSA) is 92.9 Å². The Kier molecular flexibility index (Phi) is 6.60. The average molecular weight is 314 g/mol. The first-order valence-corrected chi connectivity index (χ1v) is 7.38. The van der Waals surface area contributed by atoms with Gasteiger partial charge >= 0.3 is 0 Å². The summed E-state index contributed by atoms with van der Waals surface area (Å²) in [5.74, 6) is -0.388. The van der Waals surface area contributed by atoms with E-state index in [1.54, 1.807) is 18.4 Å². The second kappa shape index (κ2) is 7.96. The standard InChI is InChI=1S/C13H18N2O5S/c1-14(7-10(16)8-20-2)13(17)9-4-5-12(21-3)11(6-9)15(18)19/h4-6,10,16H,7-8H2,1-3H3. The maximum Gasteiger partial charge on any atom is 0.283 e. The Morgan fingerprint density at radius 3 is 2.76 bits per heavy atom. The Labute approximate surface area is 127 Å². The van der Waals surface area contributed by atoms with Crippen LogP contribution in [0.3, 0.4) is 0 Å². The van der Waals surface area contributed by atoms with Gasteiger partial charge in [-0.15, -0.1) is 11.8 Å². The Bertz CT molecular complexity index is 523. The lowest BCUT2D eigenvalue weighted by molar-refractivity contribution is -0.387. The summed E-state index contributed by atoms with van der Waals surface area (Å²) < 4.78 is 4.79. The quantitative estimate of drug-likeness (QED) is 0.464. The number of aliphatic hydroxyl groups excluding tert-OH is 1. The number of carbonyl (C=O) groups excluding carboxylic acids is 1. The van der Waals surface area contributed by atoms with Gasteiger partial charge in [0.2, 0.25) is 0 Å². The molecule has 0 fully saturated rings. The maximum atomic E-state index is 12.2. The van der Waals surface area contributed by atoms with E-state index in [4.69, 9.17) is 4.74 Å². The van der Waals surface area contributed by atoms with Crippen molar-refractivity contribution in [2.75, 3.05) is 33.6 Å². The molecule has 1 amide bonds. The van der Waals surface area contributed by atoms with E-state index in [1.807, 2.05) is 0 Å². The minimum atomic E-state index is -0.801. The fourth-order valence-corrected chi connectivity index (χ4v) is 2.38. The molecule has 0 heterocycles. The van der Waals surface area contributed by atoms with Crippen LogP contribution < -0.4 is 0 Å². The molecule has 0 aliphatic rings. The first-order chi connectivity index (χ1) is 9.90. The second-order valence-electron chi connectivity index (χ2n) is 4.44. The van der Waals surface area contributed by atoms with Crippen molar-refractivity contribution in [3.05, 3.63) is 33.9 Å². The maximum absolute atomic E-state index is 12.2. The van der Waals surface area contributed by atoms with E-state index in [-0.39, 0.29) is 30.3 Å². The number of hydrogen-bond donors (Lipinski definition) is 1. The number of methoxy groups -OCH3 is 1. The number of thioether (sulfide) groups is 1. The fraction of sp³-hybridized carbons (Fsp3) is 0.462. The van der Waals surface area contributed by atoms with Crippen LogP contribution in [0.1, 0.15) is 10.4 Å². The van der Waals surface area contributed by atoms with Crippen molar-refractivity contribution in [1.82, 2.24) is 4.90 Å². The highest BCUT2D eigenvalue weighted by Crippen LogP contribution is 2.28. The van der Waals surface area contributed by atoms with E-state index < -0.39 is 11.0 Å². The predicted molar refractivity (Wildman–Crippen MR) is 79.7 cm³/mol. The summed E-state index contributed by atoms with van der Waals surface area (Å²) >= 11 is 1.25. The van der Waals surface area contributed by atoms with Crippen molar-refractivity contribution < 1.29 is 19.6 Å². The van der Waals surface area contributed by atoms with Gasteiger partial charge in [0.15, 0.2) is 0 Å². The molecule has 0 bridgehead atoms. The molecular weight excluding hydrogens is 296 g/mol. The van der Waals surface area contributed by atoms with E-state index in [9.17, 15) is 20.0 Å². The summed E-state index contributed by atoms with van der Waals surface area (Å²) in [5, 5.41) is 20.6. The highest BCUT2D eigenvalue weighted by Gasteiger charge is 2.20. The molecule has 0 radical (unpaired) electrons. The summed E-state index contributed by atoms with van der Waals surface area (Å²) in [6, 6.07) is 4.35. The van der Waals surface area contributed by atoms with Gasteiger partial charge in [-0.25, -0.2) is 0 Å². The van der Waals surface area contributed by atoms with Gasteiger partial charge in [-0.05, 0) is 18.4 Å². The summed E-state index contributed by atoms with van der Waals surface area (Å²) in [7, 11) is 2.98. The van der Waals surface area contributed by atoms with Crippen molar-refractivity contribution >= 4 is 23.4 Å². The van der Waals surface area contributed by atoms with Crippen molar-refractivity contribution in [2.24, 2.45) is 0 Å². The van der Waals surface area contributed by atoms with Crippen molar-refractivity contribution in [1.29, 1.82) is 0 Å². The zero-order valence-corrected chi connectivity index (χ0v) is 12.9. The molecule has 8 heteroatoms. The highest BCUT2D eigenvalue weighted by molar-refractivity contribution is 7.98. The van der Waals surface area contributed by atoms with Crippen LogP contribution in [0.15, 0.2) is 23.1 Å². The highest BCUT2D eigenvalue weighted by atomic mass is 32.2. The number of benzene rings is 1. The van der Waals surface area contributed by atoms with Crippen LogP contribution in [0.2, 0.25) is 0 Å². The van der Waals surface area contributed by atoms with E-state index in [0.29, 0.717) is 4.90 Å². The number of amides is 1. The van der Waals surface area contributed by atoms with Crippen molar-refractivity contribution in [2.45, 2.75) is 11.0 Å². The molecule has 0 aliphatic heterocycles. The van der Waals surface area contributed by atoms with Crippen LogP contribution >= 0.6 is 11.8 Å². The van der Waals surface area contributed by atoms with Crippen LogP contribution in [0, 0.1) is 10.1 Å². The molecule has 0 spiro atoms. The lowest BCUT2D eigenvalue weighted by Crippen LogP contribution is -2.36. The number of nitrogens with zero attached hydrogens (tertiary/aromatic N) is 2. The summed E-state index contributed by atoms with van der Waals surface area (Å²) in [5.41, 5.74) is 0.116. The third-order valence-electron chi connectivity index (χ3n) is 2.81. The average Bonchev–Trinajstić information content (AvgIpc) is 2.45. The number of hydrogen-bond acceptors (Lipinski definition) is 6. The Balaban J connectivity index is 2.92. The molecule has 1 N–H and O–H groups in total. The number of ether oxygens (including phenoxy) is 1. The molecule has 0 aliphatic carbocycles. The Morgan fingerprint density at radius 1 is 1.57 bits per heavy atom. The molecule has 1 unspecified atom stereocenters. The van der Waals surface area contributed by atoms with E-state index in [1.165, 1.54) is 36.9 Å². The fourth-order valence-electron chi connectivity index (χ4n) is 1.83. The van der Waals surface area contributed by atoms with Crippen LogP contribution in [0.4, 0.5) is 5.69 Å². The second-order valence-corrected chi connectivity index (χ2v) is 5.29. The van der Waals surface area contributed by atoms with Gasteiger partial charge in [-0.3, -0.25) is 14.9 Å². The van der Waals surface area contributed by atoms with Gasteiger partial charge in [0, 0.05) is 32.3 Å². The number of likely N-dealkylation sites (N-methyl/N-ethyl adjacent to an activating group) is 1. The molecule has 1 atom stereocenters. The Hall–Kier alpha value is -1.64. The molecule has 116 valence electrons. The first-order valence-electron chi connectivity index (χ1n) is 6.15. The SMILES string of the molecule is COCC(O)CN(C)C(=O)c1ccc(SC)c([N+](=O)[O-])c1. The molecule has 1 aromatic rings. The van der Waals surface area contributed by atoms with Gasteiger partial charge in [0.25, 0.3) is 11.6 Å². The van der Waals surface area contributed by atoms with Crippen LogP contribution in [0.5, 0.6) is 0 Å². The summed E-state index contributed by atoms with van der Waals surface area (Å²) in [4.78, 5) is 24.5. The number of rotatable bonds is 7. The molecule has 0 aromatic heterocycles. The van der Waals surface area contributed by atoms with Gasteiger partial charge in [-0.2, -0.15) is 0 Å². The summed E-state index contributed by atoms with van der Waals surface area (Å²) in [6.07, 6.45) is 0.932.